The van der Waals surface area contributed by atoms with Gasteiger partial charge in [0.25, 0.3) is 0 Å². The van der Waals surface area contributed by atoms with E-state index < -0.39 is 5.60 Å². The second-order valence-corrected chi connectivity index (χ2v) is 6.42. The van der Waals surface area contributed by atoms with Gasteiger partial charge in [0, 0.05) is 12.3 Å². The number of Topliss-reactive ketones (excluding diaryl/α,β-unsaturated/α-hetero) is 1. The predicted molar refractivity (Wildman–Crippen MR) is 88.4 cm³/mol. The maximum Gasteiger partial charge on any atom is 0.174 e. The van der Waals surface area contributed by atoms with Gasteiger partial charge in [0.05, 0.1) is 17.6 Å². The normalized spacial score (nSPS) is 20.0. The highest BCUT2D eigenvalue weighted by atomic mass is 16.5. The molecular weight excluding hydrogens is 286 g/mol. The quantitative estimate of drug-likeness (QED) is 0.847. The lowest BCUT2D eigenvalue weighted by Gasteiger charge is -2.42. The monoisotopic (exact) mass is 305 g/mol. The zero-order valence-corrected chi connectivity index (χ0v) is 13.3. The molecule has 0 saturated heterocycles. The molecule has 0 N–H and O–H groups in total. The van der Waals surface area contributed by atoms with Crippen LogP contribution in [-0.4, -0.2) is 11.4 Å². The Morgan fingerprint density at radius 3 is 2.48 bits per heavy atom. The van der Waals surface area contributed by atoms with Crippen molar-refractivity contribution in [1.29, 1.82) is 5.26 Å². The number of hydrogen-bond donors (Lipinski definition) is 0. The van der Waals surface area contributed by atoms with Gasteiger partial charge in [0.1, 0.15) is 11.4 Å². The lowest BCUT2D eigenvalue weighted by molar-refractivity contribution is 0.0174. The highest BCUT2D eigenvalue weighted by molar-refractivity contribution is 6.02. The summed E-state index contributed by atoms with van der Waals surface area (Å²) in [7, 11) is 0. The molecule has 0 saturated carbocycles. The van der Waals surface area contributed by atoms with Gasteiger partial charge in [-0.1, -0.05) is 42.5 Å². The summed E-state index contributed by atoms with van der Waals surface area (Å²) < 4.78 is 6.12. The maximum atomic E-state index is 13.1. The van der Waals surface area contributed by atoms with Crippen LogP contribution >= 0.6 is 0 Å². The van der Waals surface area contributed by atoms with Crippen molar-refractivity contribution in [2.24, 2.45) is 5.92 Å². The van der Waals surface area contributed by atoms with Crippen LogP contribution in [0.5, 0.6) is 5.75 Å². The molecule has 0 spiro atoms. The molecule has 1 aliphatic heterocycles. The third-order valence-corrected chi connectivity index (χ3v) is 4.50. The first kappa shape index (κ1) is 15.3. The number of carbonyl (C=O) groups excluding carboxylic acids is 1. The smallest absolute Gasteiger partial charge is 0.174 e. The molecule has 2 aromatic carbocycles. The standard InChI is InChI=1S/C20H19NO2/c1-20(2)18(15(12-13-21)14-8-4-3-5-9-14)19(22)16-10-6-7-11-17(16)23-20/h3-11,15,18H,12H2,1-2H3. The van der Waals surface area contributed by atoms with Gasteiger partial charge < -0.3 is 4.74 Å². The highest BCUT2D eigenvalue weighted by Crippen LogP contribution is 2.44. The molecule has 2 aromatic rings. The van der Waals surface area contributed by atoms with E-state index in [0.717, 1.165) is 5.56 Å². The third-order valence-electron chi connectivity index (χ3n) is 4.50. The molecule has 0 amide bonds. The number of carbonyl (C=O) groups is 1. The van der Waals surface area contributed by atoms with Gasteiger partial charge in [0.2, 0.25) is 0 Å². The number of ether oxygens (including phenoxy) is 1. The third kappa shape index (κ3) is 2.73. The largest absolute Gasteiger partial charge is 0.486 e. The SMILES string of the molecule is CC1(C)Oc2ccccc2C(=O)C1C(CC#N)c1ccccc1. The van der Waals surface area contributed by atoms with Crippen molar-refractivity contribution in [3.8, 4) is 11.8 Å². The van der Waals surface area contributed by atoms with Gasteiger partial charge in [-0.25, -0.2) is 0 Å². The summed E-state index contributed by atoms with van der Waals surface area (Å²) in [6.07, 6.45) is 0.287. The Bertz CT molecular complexity index is 759. The van der Waals surface area contributed by atoms with Crippen LogP contribution in [0.4, 0.5) is 0 Å². The Kier molecular flexibility index (Phi) is 3.92. The first-order valence-electron chi connectivity index (χ1n) is 7.79. The summed E-state index contributed by atoms with van der Waals surface area (Å²) in [5.41, 5.74) is 0.946. The number of benzene rings is 2. The molecule has 0 radical (unpaired) electrons. The number of fused-ring (bicyclic) bond motifs is 1. The fourth-order valence-electron chi connectivity index (χ4n) is 3.48. The van der Waals surface area contributed by atoms with E-state index in [0.29, 0.717) is 11.3 Å². The summed E-state index contributed by atoms with van der Waals surface area (Å²) in [4.78, 5) is 13.1. The molecule has 0 aliphatic carbocycles. The van der Waals surface area contributed by atoms with Gasteiger partial charge in [-0.05, 0) is 31.5 Å². The number of nitrogens with zero attached hydrogens (tertiary/aromatic N) is 1. The van der Waals surface area contributed by atoms with Crippen LogP contribution in [0, 0.1) is 17.2 Å². The Hall–Kier alpha value is -2.60. The first-order valence-corrected chi connectivity index (χ1v) is 7.79. The second kappa shape index (κ2) is 5.89. The predicted octanol–water partition coefficient (Wildman–Crippen LogP) is 4.35. The molecule has 0 fully saturated rings. The van der Waals surface area contributed by atoms with E-state index in [1.54, 1.807) is 6.07 Å². The number of hydrogen-bond acceptors (Lipinski definition) is 3. The van der Waals surface area contributed by atoms with Crippen LogP contribution in [0.25, 0.3) is 0 Å². The van der Waals surface area contributed by atoms with E-state index in [1.165, 1.54) is 0 Å². The Morgan fingerprint density at radius 1 is 1.13 bits per heavy atom. The van der Waals surface area contributed by atoms with Gasteiger partial charge >= 0.3 is 0 Å². The summed E-state index contributed by atoms with van der Waals surface area (Å²) in [6.45, 7) is 3.86. The molecule has 23 heavy (non-hydrogen) atoms. The molecule has 2 atom stereocenters. The van der Waals surface area contributed by atoms with Crippen LogP contribution < -0.4 is 4.74 Å². The van der Waals surface area contributed by atoms with Crippen molar-refractivity contribution < 1.29 is 9.53 Å². The van der Waals surface area contributed by atoms with Crippen LogP contribution in [0.3, 0.4) is 0 Å². The van der Waals surface area contributed by atoms with Crippen molar-refractivity contribution in [3.05, 3.63) is 65.7 Å². The fraction of sp³-hybridized carbons (Fsp3) is 0.300. The van der Waals surface area contributed by atoms with Crippen molar-refractivity contribution in [2.75, 3.05) is 0 Å². The summed E-state index contributed by atoms with van der Waals surface area (Å²) in [5.74, 6) is 0.111. The number of rotatable bonds is 3. The maximum absolute atomic E-state index is 13.1. The zero-order chi connectivity index (χ0) is 16.4. The fourth-order valence-corrected chi connectivity index (χ4v) is 3.48. The molecule has 3 rings (SSSR count). The molecule has 3 heteroatoms. The van der Waals surface area contributed by atoms with Crippen LogP contribution in [0.1, 0.15) is 42.1 Å². The summed E-state index contributed by atoms with van der Waals surface area (Å²) in [6, 6.07) is 19.3. The van der Waals surface area contributed by atoms with E-state index in [4.69, 9.17) is 4.74 Å². The van der Waals surface area contributed by atoms with E-state index >= 15 is 0 Å². The van der Waals surface area contributed by atoms with E-state index in [2.05, 4.69) is 6.07 Å². The first-order chi connectivity index (χ1) is 11.0. The topological polar surface area (TPSA) is 50.1 Å². The van der Waals surface area contributed by atoms with E-state index in [-0.39, 0.29) is 24.0 Å². The lowest BCUT2D eigenvalue weighted by Crippen LogP contribution is -2.48. The average Bonchev–Trinajstić information content (AvgIpc) is 2.54. The Balaban J connectivity index is 2.09. The molecule has 0 aromatic heterocycles. The minimum absolute atomic E-state index is 0.0564. The zero-order valence-electron chi connectivity index (χ0n) is 13.3. The molecule has 116 valence electrons. The van der Waals surface area contributed by atoms with Gasteiger partial charge in [-0.15, -0.1) is 0 Å². The van der Waals surface area contributed by atoms with Crippen molar-refractivity contribution in [3.63, 3.8) is 0 Å². The van der Waals surface area contributed by atoms with E-state index in [1.807, 2.05) is 62.4 Å². The van der Waals surface area contributed by atoms with Crippen LogP contribution in [-0.2, 0) is 0 Å². The number of nitriles is 1. The number of ketones is 1. The molecular formula is C20H19NO2. The molecule has 0 bridgehead atoms. The molecule has 3 nitrogen and oxygen atoms in total. The van der Waals surface area contributed by atoms with Crippen LogP contribution in [0.2, 0.25) is 0 Å². The van der Waals surface area contributed by atoms with Gasteiger partial charge in [-0.2, -0.15) is 5.26 Å². The average molecular weight is 305 g/mol. The summed E-state index contributed by atoms with van der Waals surface area (Å²) >= 11 is 0. The van der Waals surface area contributed by atoms with Crippen molar-refractivity contribution in [1.82, 2.24) is 0 Å². The molecule has 1 heterocycles. The Labute approximate surface area is 136 Å². The second-order valence-electron chi connectivity index (χ2n) is 6.42. The highest BCUT2D eigenvalue weighted by Gasteiger charge is 2.47. The Morgan fingerprint density at radius 2 is 1.78 bits per heavy atom. The van der Waals surface area contributed by atoms with Crippen molar-refractivity contribution in [2.45, 2.75) is 31.8 Å². The molecule has 1 aliphatic rings. The minimum atomic E-state index is -0.664. The summed E-state index contributed by atoms with van der Waals surface area (Å²) in [5, 5.41) is 9.28. The van der Waals surface area contributed by atoms with Crippen LogP contribution in [0.15, 0.2) is 54.6 Å². The minimum Gasteiger partial charge on any atom is -0.486 e. The van der Waals surface area contributed by atoms with Gasteiger partial charge in [0.15, 0.2) is 5.78 Å². The van der Waals surface area contributed by atoms with Crippen molar-refractivity contribution >= 4 is 5.78 Å². The molecule has 2 unspecified atom stereocenters. The van der Waals surface area contributed by atoms with E-state index in [9.17, 15) is 10.1 Å². The van der Waals surface area contributed by atoms with Gasteiger partial charge in [-0.3, -0.25) is 4.79 Å². The lowest BCUT2D eigenvalue weighted by atomic mass is 9.70. The number of para-hydroxylation sites is 1.